The maximum Gasteiger partial charge on any atom is 0.351 e. The highest BCUT2D eigenvalue weighted by atomic mass is 31.2. The lowest BCUT2D eigenvalue weighted by molar-refractivity contribution is -0.0660. The fraction of sp³-hybridized carbons (Fsp3) is 0.478. The molecule has 0 aliphatic carbocycles. The van der Waals surface area contributed by atoms with Crippen molar-refractivity contribution < 1.29 is 23.3 Å². The zero-order chi connectivity index (χ0) is 24.5. The minimum absolute atomic E-state index is 0.145. The molecule has 2 aromatic rings. The van der Waals surface area contributed by atoms with E-state index in [9.17, 15) is 9.59 Å². The van der Waals surface area contributed by atoms with Crippen LogP contribution in [0.2, 0.25) is 0 Å². The van der Waals surface area contributed by atoms with Gasteiger partial charge in [-0.1, -0.05) is 25.1 Å². The van der Waals surface area contributed by atoms with E-state index < -0.39 is 32.5 Å². The molecule has 3 rings (SSSR count). The third-order valence-corrected chi connectivity index (χ3v) is 6.26. The Morgan fingerprint density at radius 2 is 2.03 bits per heavy atom. The minimum Gasteiger partial charge on any atom is -0.371 e. The van der Waals surface area contributed by atoms with Gasteiger partial charge in [-0.15, -0.1) is 0 Å². The van der Waals surface area contributed by atoms with Crippen molar-refractivity contribution in [3.05, 3.63) is 70.1 Å². The number of carbonyl (C=O) groups excluding carboxylic acids is 1. The summed E-state index contributed by atoms with van der Waals surface area (Å²) in [6.07, 6.45) is 0.0873. The first-order chi connectivity index (χ1) is 16.5. The number of rotatable bonds is 11. The molecule has 11 heteroatoms. The molecule has 1 saturated heterocycles. The van der Waals surface area contributed by atoms with Crippen LogP contribution >= 0.6 is 8.38 Å². The molecule has 1 amide bonds. The van der Waals surface area contributed by atoms with Gasteiger partial charge in [-0.25, -0.2) is 11.4 Å². The summed E-state index contributed by atoms with van der Waals surface area (Å²) in [5.74, 6) is -0.213. The molecule has 182 valence electrons. The Balaban J connectivity index is 1.77. The summed E-state index contributed by atoms with van der Waals surface area (Å²) < 4.78 is 25.2. The Morgan fingerprint density at radius 1 is 1.26 bits per heavy atom. The average molecular weight is 488 g/mol. The number of hydrogen-bond acceptors (Lipinski definition) is 7. The average Bonchev–Trinajstić information content (AvgIpc) is 3.17. The molecule has 0 spiro atoms. The number of amides is 1. The predicted octanol–water partition coefficient (Wildman–Crippen LogP) is 3.47. The molecule has 2 heterocycles. The number of nitrogens with zero attached hydrogens (tertiary/aromatic N) is 3. The molecule has 5 atom stereocenters. The van der Waals surface area contributed by atoms with Crippen molar-refractivity contribution in [3.8, 4) is 0 Å². The van der Waals surface area contributed by atoms with Gasteiger partial charge in [0, 0.05) is 25.0 Å². The molecule has 34 heavy (non-hydrogen) atoms. The summed E-state index contributed by atoms with van der Waals surface area (Å²) in [6, 6.07) is 10.2. The van der Waals surface area contributed by atoms with Crippen LogP contribution in [0.15, 0.2) is 47.4 Å². The number of anilines is 1. The number of carbonyl (C=O) groups is 1. The summed E-state index contributed by atoms with van der Waals surface area (Å²) in [5, 5.41) is 2.64. The summed E-state index contributed by atoms with van der Waals surface area (Å²) in [4.78, 5) is 32.5. The van der Waals surface area contributed by atoms with Gasteiger partial charge in [-0.2, -0.15) is 4.98 Å². The molecule has 0 bridgehead atoms. The second-order valence-electron chi connectivity index (χ2n) is 7.44. The summed E-state index contributed by atoms with van der Waals surface area (Å²) in [7, 11) is -1.26. The number of benzene rings is 1. The normalized spacial score (nSPS) is 22.8. The molecule has 1 aromatic carbocycles. The molecule has 1 aromatic heterocycles. The maximum atomic E-state index is 12.9. The van der Waals surface area contributed by atoms with E-state index in [2.05, 4.69) is 15.1 Å². The van der Waals surface area contributed by atoms with Crippen molar-refractivity contribution in [2.75, 3.05) is 31.7 Å². The Bertz CT molecular complexity index is 1040. The van der Waals surface area contributed by atoms with Crippen LogP contribution in [0.4, 0.5) is 5.82 Å². The van der Waals surface area contributed by atoms with E-state index in [4.69, 9.17) is 25.1 Å². The van der Waals surface area contributed by atoms with Crippen LogP contribution in [0.3, 0.4) is 0 Å². The van der Waals surface area contributed by atoms with Gasteiger partial charge in [0.05, 0.1) is 6.10 Å². The van der Waals surface area contributed by atoms with Gasteiger partial charge in [-0.05, 0) is 31.5 Å². The topological polar surface area (TPSA) is 105 Å². The summed E-state index contributed by atoms with van der Waals surface area (Å²) >= 11 is 0. The lowest BCUT2D eigenvalue weighted by atomic mass is 10.1. The Labute approximate surface area is 199 Å². The van der Waals surface area contributed by atoms with Gasteiger partial charge >= 0.3 is 5.69 Å². The van der Waals surface area contributed by atoms with Gasteiger partial charge in [0.2, 0.25) is 6.54 Å². The van der Waals surface area contributed by atoms with Crippen LogP contribution in [0.1, 0.15) is 36.9 Å². The second kappa shape index (κ2) is 12.7. The zero-order valence-electron chi connectivity index (χ0n) is 19.4. The highest BCUT2D eigenvalue weighted by Gasteiger charge is 2.47. The Kier molecular flexibility index (Phi) is 9.69. The van der Waals surface area contributed by atoms with Crippen LogP contribution in [0.25, 0.3) is 4.85 Å². The third-order valence-electron chi connectivity index (χ3n) is 5.18. The number of nitrogens with one attached hydrogen (secondary N) is 1. The van der Waals surface area contributed by atoms with E-state index in [1.165, 1.54) is 10.8 Å². The van der Waals surface area contributed by atoms with E-state index in [0.717, 1.165) is 0 Å². The van der Waals surface area contributed by atoms with Crippen molar-refractivity contribution >= 4 is 20.1 Å². The van der Waals surface area contributed by atoms with E-state index >= 15 is 0 Å². The molecule has 10 nitrogen and oxygen atoms in total. The SMILES string of the molecule is [C-]#[N+]CCOP(C)OC1[C@@H](CC)O[C@@H](n2ccc(NC(=O)c3ccccc3)nc2=O)[C@H]1OCC. The first-order valence-electron chi connectivity index (χ1n) is 11.1. The molecule has 1 N–H and O–H groups in total. The fourth-order valence-electron chi connectivity index (χ4n) is 3.63. The van der Waals surface area contributed by atoms with Gasteiger partial charge in [0.15, 0.2) is 14.6 Å². The molecule has 1 aliphatic rings. The van der Waals surface area contributed by atoms with E-state index in [0.29, 0.717) is 25.2 Å². The number of ether oxygens (including phenoxy) is 2. The third kappa shape index (κ3) is 6.47. The largest absolute Gasteiger partial charge is 0.371 e. The second-order valence-corrected chi connectivity index (χ2v) is 8.79. The standard InChI is InChI=1S/C23H29N4O6P/c1-5-17-19(33-34(4)31-15-13-24-3)20(30-6-2)22(32-17)27-14-12-18(26-23(27)29)25-21(28)16-10-8-7-9-11-16/h7-12,14,17,19-20,22H,5-6,13,15H2,1-2,4H3,(H,25,26,28,29)/t17-,19?,20+,22-,34?/m1/s1. The smallest absolute Gasteiger partial charge is 0.351 e. The lowest BCUT2D eigenvalue weighted by Gasteiger charge is -2.26. The van der Waals surface area contributed by atoms with Crippen molar-refractivity contribution in [3.63, 3.8) is 0 Å². The van der Waals surface area contributed by atoms with Crippen LogP contribution in [-0.2, 0) is 18.5 Å². The summed E-state index contributed by atoms with van der Waals surface area (Å²) in [6.45, 7) is 13.5. The summed E-state index contributed by atoms with van der Waals surface area (Å²) in [5.41, 5.74) is -0.118. The predicted molar refractivity (Wildman–Crippen MR) is 128 cm³/mol. The molecule has 1 fully saturated rings. The first-order valence-corrected chi connectivity index (χ1v) is 12.7. The zero-order valence-corrected chi connectivity index (χ0v) is 20.3. The molecule has 2 unspecified atom stereocenters. The van der Waals surface area contributed by atoms with Gasteiger partial charge in [0.25, 0.3) is 5.91 Å². The fourth-order valence-corrected chi connectivity index (χ4v) is 4.63. The van der Waals surface area contributed by atoms with Gasteiger partial charge in [0.1, 0.15) is 24.6 Å². The maximum absolute atomic E-state index is 12.9. The molecular formula is C23H29N4O6P. The minimum atomic E-state index is -1.26. The molecular weight excluding hydrogens is 459 g/mol. The van der Waals surface area contributed by atoms with E-state index in [-0.39, 0.29) is 24.4 Å². The number of hydrogen-bond donors (Lipinski definition) is 1. The highest BCUT2D eigenvalue weighted by molar-refractivity contribution is 7.46. The quantitative estimate of drug-likeness (QED) is 0.293. The van der Waals surface area contributed by atoms with Crippen molar-refractivity contribution in [1.29, 1.82) is 0 Å². The van der Waals surface area contributed by atoms with Gasteiger partial charge in [-0.3, -0.25) is 9.36 Å². The molecule has 0 radical (unpaired) electrons. The van der Waals surface area contributed by atoms with Crippen molar-refractivity contribution in [2.24, 2.45) is 0 Å². The van der Waals surface area contributed by atoms with Crippen LogP contribution in [0.5, 0.6) is 0 Å². The lowest BCUT2D eigenvalue weighted by Crippen LogP contribution is -2.38. The number of aromatic nitrogens is 2. The van der Waals surface area contributed by atoms with Crippen LogP contribution < -0.4 is 11.0 Å². The first kappa shape index (κ1) is 25.9. The Hall–Kier alpha value is -2.67. The van der Waals surface area contributed by atoms with Crippen LogP contribution in [0, 0.1) is 6.57 Å². The molecule has 1 aliphatic heterocycles. The van der Waals surface area contributed by atoms with E-state index in [1.54, 1.807) is 30.3 Å². The highest BCUT2D eigenvalue weighted by Crippen LogP contribution is 2.43. The monoisotopic (exact) mass is 488 g/mol. The Morgan fingerprint density at radius 3 is 2.68 bits per heavy atom. The van der Waals surface area contributed by atoms with E-state index in [1.807, 2.05) is 26.6 Å². The van der Waals surface area contributed by atoms with Crippen molar-refractivity contribution in [2.45, 2.75) is 44.8 Å². The molecule has 0 saturated carbocycles. The van der Waals surface area contributed by atoms with Crippen LogP contribution in [-0.4, -0.2) is 60.2 Å². The van der Waals surface area contributed by atoms with Crippen molar-refractivity contribution in [1.82, 2.24) is 9.55 Å². The van der Waals surface area contributed by atoms with Gasteiger partial charge < -0.3 is 28.7 Å².